The highest BCUT2D eigenvalue weighted by atomic mass is 16.2. The predicted molar refractivity (Wildman–Crippen MR) is 82.6 cm³/mol. The van der Waals surface area contributed by atoms with E-state index in [0.717, 1.165) is 32.4 Å². The highest BCUT2D eigenvalue weighted by Gasteiger charge is 2.25. The first-order chi connectivity index (χ1) is 9.66. The molecule has 3 heteroatoms. The highest BCUT2D eigenvalue weighted by Crippen LogP contribution is 2.13. The van der Waals surface area contributed by atoms with Crippen molar-refractivity contribution >= 4 is 5.91 Å². The summed E-state index contributed by atoms with van der Waals surface area (Å²) in [7, 11) is 0. The average molecular weight is 274 g/mol. The average Bonchev–Trinajstić information content (AvgIpc) is 2.47. The maximum Gasteiger partial charge on any atom is 0.240 e. The van der Waals surface area contributed by atoms with Gasteiger partial charge in [0.25, 0.3) is 0 Å². The lowest BCUT2D eigenvalue weighted by Gasteiger charge is -2.31. The second-order valence-corrected chi connectivity index (χ2v) is 5.95. The van der Waals surface area contributed by atoms with Gasteiger partial charge < -0.3 is 10.2 Å². The number of nitrogens with zero attached hydrogens (tertiary/aromatic N) is 1. The first kappa shape index (κ1) is 15.0. The van der Waals surface area contributed by atoms with E-state index >= 15 is 0 Å². The molecule has 0 aromatic heterocycles. The molecule has 1 aliphatic rings. The monoisotopic (exact) mass is 274 g/mol. The molecule has 3 nitrogen and oxygen atoms in total. The number of hydrogen-bond donors (Lipinski definition) is 1. The van der Waals surface area contributed by atoms with Crippen molar-refractivity contribution in [1.82, 2.24) is 10.2 Å². The number of carbonyl (C=O) groups is 1. The van der Waals surface area contributed by atoms with Gasteiger partial charge in [-0.1, -0.05) is 44.2 Å². The molecule has 1 N–H and O–H groups in total. The summed E-state index contributed by atoms with van der Waals surface area (Å²) in [5.41, 5.74) is 1.22. The lowest BCUT2D eigenvalue weighted by molar-refractivity contribution is -0.134. The van der Waals surface area contributed by atoms with Gasteiger partial charge >= 0.3 is 0 Å². The van der Waals surface area contributed by atoms with Crippen molar-refractivity contribution in [3.63, 3.8) is 0 Å². The molecule has 0 unspecified atom stereocenters. The van der Waals surface area contributed by atoms with Crippen molar-refractivity contribution in [2.75, 3.05) is 13.1 Å². The smallest absolute Gasteiger partial charge is 0.240 e. The van der Waals surface area contributed by atoms with Crippen molar-refractivity contribution < 1.29 is 4.79 Å². The van der Waals surface area contributed by atoms with Gasteiger partial charge in [0.2, 0.25) is 5.91 Å². The van der Waals surface area contributed by atoms with E-state index in [1.54, 1.807) is 0 Å². The Balaban J connectivity index is 2.04. The van der Waals surface area contributed by atoms with Gasteiger partial charge in [0.1, 0.15) is 0 Å². The summed E-state index contributed by atoms with van der Waals surface area (Å²) in [6.07, 6.45) is 4.32. The summed E-state index contributed by atoms with van der Waals surface area (Å²) in [5.74, 6) is 0.266. The van der Waals surface area contributed by atoms with Crippen LogP contribution in [0.2, 0.25) is 0 Å². The molecule has 1 fully saturated rings. The third-order valence-corrected chi connectivity index (χ3v) is 3.78. The maximum absolute atomic E-state index is 12.7. The Hall–Kier alpha value is -1.35. The van der Waals surface area contributed by atoms with Crippen LogP contribution in [0, 0.1) is 0 Å². The first-order valence-electron chi connectivity index (χ1n) is 7.75. The molecule has 1 saturated heterocycles. The number of benzene rings is 1. The van der Waals surface area contributed by atoms with Crippen LogP contribution in [0.15, 0.2) is 30.3 Å². The number of rotatable bonds is 5. The standard InChI is InChI=1S/C17H26N2O/c1-14(2)18-16(13-15-9-5-3-6-10-15)17(20)19-11-7-4-8-12-19/h3,5-6,9-10,14,16,18H,4,7-8,11-13H2,1-2H3/t16-/m0/s1. The van der Waals surface area contributed by atoms with Crippen LogP contribution < -0.4 is 5.32 Å². The molecule has 1 atom stereocenters. The summed E-state index contributed by atoms with van der Waals surface area (Å²) >= 11 is 0. The Labute approximate surface area is 122 Å². The summed E-state index contributed by atoms with van der Waals surface area (Å²) in [4.78, 5) is 14.7. The van der Waals surface area contributed by atoms with Crippen LogP contribution in [-0.4, -0.2) is 36.0 Å². The van der Waals surface area contributed by atoms with Crippen molar-refractivity contribution in [3.05, 3.63) is 35.9 Å². The number of likely N-dealkylation sites (tertiary alicyclic amines) is 1. The van der Waals surface area contributed by atoms with Gasteiger partial charge in [-0.25, -0.2) is 0 Å². The van der Waals surface area contributed by atoms with E-state index < -0.39 is 0 Å². The largest absolute Gasteiger partial charge is 0.341 e. The molecule has 2 rings (SSSR count). The molecule has 1 amide bonds. The fraction of sp³-hybridized carbons (Fsp3) is 0.588. The zero-order valence-corrected chi connectivity index (χ0v) is 12.6. The van der Waals surface area contributed by atoms with Gasteiger partial charge in [0.05, 0.1) is 6.04 Å². The van der Waals surface area contributed by atoms with Crippen LogP contribution in [0.4, 0.5) is 0 Å². The Bertz CT molecular complexity index is 410. The maximum atomic E-state index is 12.7. The number of nitrogens with one attached hydrogen (secondary N) is 1. The minimum absolute atomic E-state index is 0.101. The lowest BCUT2D eigenvalue weighted by atomic mass is 10.0. The van der Waals surface area contributed by atoms with Gasteiger partial charge in [-0.05, 0) is 31.2 Å². The first-order valence-corrected chi connectivity index (χ1v) is 7.75. The van der Waals surface area contributed by atoms with Crippen molar-refractivity contribution in [1.29, 1.82) is 0 Å². The molecule has 1 heterocycles. The van der Waals surface area contributed by atoms with E-state index in [9.17, 15) is 4.79 Å². The van der Waals surface area contributed by atoms with Crippen molar-refractivity contribution in [2.24, 2.45) is 0 Å². The van der Waals surface area contributed by atoms with Crippen LogP contribution >= 0.6 is 0 Å². The quantitative estimate of drug-likeness (QED) is 0.895. The third kappa shape index (κ3) is 4.34. The highest BCUT2D eigenvalue weighted by molar-refractivity contribution is 5.82. The summed E-state index contributed by atoms with van der Waals surface area (Å²) < 4.78 is 0. The fourth-order valence-corrected chi connectivity index (χ4v) is 2.80. The molecule has 0 saturated carbocycles. The Morgan fingerprint density at radius 1 is 1.15 bits per heavy atom. The fourth-order valence-electron chi connectivity index (χ4n) is 2.80. The molecule has 1 aromatic rings. The number of piperidine rings is 1. The lowest BCUT2D eigenvalue weighted by Crippen LogP contribution is -2.51. The Kier molecular flexibility index (Phi) is 5.60. The van der Waals surface area contributed by atoms with Crippen LogP contribution in [-0.2, 0) is 11.2 Å². The summed E-state index contributed by atoms with van der Waals surface area (Å²) in [6, 6.07) is 10.5. The van der Waals surface area contributed by atoms with Gasteiger partial charge in [0, 0.05) is 19.1 Å². The Morgan fingerprint density at radius 3 is 2.40 bits per heavy atom. The molecule has 0 bridgehead atoms. The van der Waals surface area contributed by atoms with E-state index in [1.165, 1.54) is 12.0 Å². The van der Waals surface area contributed by atoms with Crippen molar-refractivity contribution in [3.8, 4) is 0 Å². The van der Waals surface area contributed by atoms with Gasteiger partial charge in [-0.2, -0.15) is 0 Å². The number of hydrogen-bond acceptors (Lipinski definition) is 2. The van der Waals surface area contributed by atoms with Crippen LogP contribution in [0.5, 0.6) is 0 Å². The van der Waals surface area contributed by atoms with Crippen LogP contribution in [0.1, 0.15) is 38.7 Å². The molecule has 0 aliphatic carbocycles. The molecule has 0 radical (unpaired) electrons. The van der Waals surface area contributed by atoms with Gasteiger partial charge in [-0.15, -0.1) is 0 Å². The SMILES string of the molecule is CC(C)N[C@@H](Cc1ccccc1)C(=O)N1CCCCC1. The second kappa shape index (κ2) is 7.44. The predicted octanol–water partition coefficient (Wildman–Crippen LogP) is 2.61. The minimum Gasteiger partial charge on any atom is -0.341 e. The Morgan fingerprint density at radius 2 is 1.80 bits per heavy atom. The van der Waals surface area contributed by atoms with Crippen molar-refractivity contribution in [2.45, 2.75) is 51.6 Å². The topological polar surface area (TPSA) is 32.3 Å². The molecule has 1 aromatic carbocycles. The number of carbonyl (C=O) groups excluding carboxylic acids is 1. The number of amides is 1. The van der Waals surface area contributed by atoms with E-state index in [4.69, 9.17) is 0 Å². The molecule has 20 heavy (non-hydrogen) atoms. The summed E-state index contributed by atoms with van der Waals surface area (Å²) in [6.45, 7) is 6.04. The molecule has 110 valence electrons. The molecular formula is C17H26N2O. The molecular weight excluding hydrogens is 248 g/mol. The zero-order chi connectivity index (χ0) is 14.4. The van der Waals surface area contributed by atoms with E-state index in [0.29, 0.717) is 6.04 Å². The van der Waals surface area contributed by atoms with Crippen LogP contribution in [0.3, 0.4) is 0 Å². The third-order valence-electron chi connectivity index (χ3n) is 3.78. The van der Waals surface area contributed by atoms with Gasteiger partial charge in [0.15, 0.2) is 0 Å². The van der Waals surface area contributed by atoms with E-state index in [1.807, 2.05) is 23.1 Å². The van der Waals surface area contributed by atoms with Crippen LogP contribution in [0.25, 0.3) is 0 Å². The summed E-state index contributed by atoms with van der Waals surface area (Å²) in [5, 5.41) is 3.43. The normalized spacial score (nSPS) is 17.2. The zero-order valence-electron chi connectivity index (χ0n) is 12.6. The minimum atomic E-state index is -0.101. The van der Waals surface area contributed by atoms with Gasteiger partial charge in [-0.3, -0.25) is 4.79 Å². The molecule has 0 spiro atoms. The second-order valence-electron chi connectivity index (χ2n) is 5.95. The van der Waals surface area contributed by atoms with E-state index in [-0.39, 0.29) is 11.9 Å². The van der Waals surface area contributed by atoms with E-state index in [2.05, 4.69) is 31.3 Å². The molecule has 1 aliphatic heterocycles.